The van der Waals surface area contributed by atoms with Gasteiger partial charge in [0.15, 0.2) is 0 Å². The molecule has 0 atom stereocenters. The fourth-order valence-electron chi connectivity index (χ4n) is 4.64. The van der Waals surface area contributed by atoms with E-state index < -0.39 is 17.9 Å². The molecule has 0 aliphatic carbocycles. The summed E-state index contributed by atoms with van der Waals surface area (Å²) in [7, 11) is 1.12. The monoisotopic (exact) mass is 547 g/mol. The predicted octanol–water partition coefficient (Wildman–Crippen LogP) is 6.57. The second-order valence-electron chi connectivity index (χ2n) is 9.45. The number of hydrogen-bond acceptors (Lipinski definition) is 6. The van der Waals surface area contributed by atoms with E-state index in [4.69, 9.17) is 9.78 Å². The Labute approximate surface area is 237 Å². The summed E-state index contributed by atoms with van der Waals surface area (Å²) in [5, 5.41) is 11.6. The van der Waals surface area contributed by atoms with Crippen molar-refractivity contribution in [3.8, 4) is 0 Å². The average molecular weight is 548 g/mol. The zero-order valence-corrected chi connectivity index (χ0v) is 22.5. The molecular weight excluding hydrogens is 518 g/mol. The van der Waals surface area contributed by atoms with Crippen LogP contribution in [0.25, 0.3) is 16.7 Å². The van der Waals surface area contributed by atoms with E-state index in [-0.39, 0.29) is 12.4 Å². The Morgan fingerprint density at radius 1 is 0.829 bits per heavy atom. The lowest BCUT2D eigenvalue weighted by Crippen LogP contribution is -2.13. The molecule has 0 saturated carbocycles. The van der Waals surface area contributed by atoms with Crippen molar-refractivity contribution in [2.45, 2.75) is 19.3 Å². The summed E-state index contributed by atoms with van der Waals surface area (Å²) >= 11 is 0. The zero-order chi connectivity index (χ0) is 28.6. The van der Waals surface area contributed by atoms with E-state index in [1.165, 1.54) is 0 Å². The molecule has 0 spiro atoms. The lowest BCUT2D eigenvalue weighted by Gasteiger charge is -2.17. The van der Waals surface area contributed by atoms with Crippen LogP contribution < -0.4 is 0 Å². The van der Waals surface area contributed by atoms with E-state index in [0.29, 0.717) is 17.5 Å². The van der Waals surface area contributed by atoms with Gasteiger partial charge in [-0.15, -0.1) is 0 Å². The number of methoxy groups -OCH3 is 1. The number of fused-ring (bicyclic) bond motifs is 1. The van der Waals surface area contributed by atoms with Gasteiger partial charge in [-0.25, -0.2) is 14.6 Å². The molecule has 1 aromatic heterocycles. The van der Waals surface area contributed by atoms with Crippen LogP contribution in [-0.2, 0) is 37.3 Å². The highest BCUT2D eigenvalue weighted by Crippen LogP contribution is 2.30. The van der Waals surface area contributed by atoms with Crippen molar-refractivity contribution >= 4 is 28.4 Å². The Bertz CT molecular complexity index is 1620. The largest absolute Gasteiger partial charge is 0.507 e. The molecule has 1 N–H and O–H groups in total. The van der Waals surface area contributed by atoms with E-state index in [1.54, 1.807) is 6.20 Å². The van der Waals surface area contributed by atoms with Gasteiger partial charge in [0.25, 0.3) is 5.78 Å². The quantitative estimate of drug-likeness (QED) is 0.0503. The van der Waals surface area contributed by atoms with Gasteiger partial charge in [-0.05, 0) is 34.4 Å². The minimum absolute atomic E-state index is 0.140. The summed E-state index contributed by atoms with van der Waals surface area (Å²) in [5.41, 5.74) is 5.02. The zero-order valence-electron chi connectivity index (χ0n) is 22.5. The first kappa shape index (κ1) is 27.6. The number of hydrogen-bond donors (Lipinski definition) is 1. The predicted molar refractivity (Wildman–Crippen MR) is 156 cm³/mol. The molecule has 0 aliphatic heterocycles. The fourth-order valence-corrected chi connectivity index (χ4v) is 4.64. The van der Waals surface area contributed by atoms with Crippen LogP contribution in [0, 0.1) is 0 Å². The van der Waals surface area contributed by atoms with Gasteiger partial charge in [-0.1, -0.05) is 97.1 Å². The van der Waals surface area contributed by atoms with Crippen LogP contribution in [0.4, 0.5) is 0 Å². The lowest BCUT2D eigenvalue weighted by atomic mass is 10.0. The molecule has 0 fully saturated rings. The summed E-state index contributed by atoms with van der Waals surface area (Å²) < 4.78 is 6.47. The smallest absolute Gasteiger partial charge is 0.378 e. The lowest BCUT2D eigenvalue weighted by molar-refractivity contribution is -0.327. The van der Waals surface area contributed by atoms with Crippen molar-refractivity contribution < 1.29 is 29.2 Å². The van der Waals surface area contributed by atoms with Crippen LogP contribution in [0.15, 0.2) is 121 Å². The standard InChI is InChI=1S/C34H29NO6/c1-39-34(38)32(37)20-31(36)29-22-35(21-24-11-5-2-6-12-24)30-18-17-25(19-28(29)30)23-40-41-33(26-13-7-3-8-14-26)27-15-9-4-10-16-27/h2-20,22,33,36H,21,23H2,1H3. The number of rotatable bonds is 11. The molecule has 5 aromatic rings. The maximum Gasteiger partial charge on any atom is 0.378 e. The van der Waals surface area contributed by atoms with Crippen LogP contribution in [-0.4, -0.2) is 28.5 Å². The topological polar surface area (TPSA) is 87.0 Å². The number of carbonyl (C=O) groups is 2. The van der Waals surface area contributed by atoms with Gasteiger partial charge in [-0.3, -0.25) is 4.79 Å². The number of aliphatic hydroxyl groups is 1. The summed E-state index contributed by atoms with van der Waals surface area (Å²) in [6, 6.07) is 35.3. The van der Waals surface area contributed by atoms with Gasteiger partial charge >= 0.3 is 5.97 Å². The van der Waals surface area contributed by atoms with Crippen molar-refractivity contribution in [1.29, 1.82) is 0 Å². The van der Waals surface area contributed by atoms with E-state index in [0.717, 1.165) is 41.0 Å². The number of ketones is 1. The van der Waals surface area contributed by atoms with Gasteiger partial charge in [0.2, 0.25) is 0 Å². The molecule has 41 heavy (non-hydrogen) atoms. The minimum atomic E-state index is -1.05. The van der Waals surface area contributed by atoms with E-state index in [9.17, 15) is 14.7 Å². The van der Waals surface area contributed by atoms with Gasteiger partial charge < -0.3 is 14.4 Å². The van der Waals surface area contributed by atoms with Crippen molar-refractivity contribution in [3.63, 3.8) is 0 Å². The number of carbonyl (C=O) groups excluding carboxylic acids is 2. The number of aliphatic hydroxyl groups excluding tert-OH is 1. The van der Waals surface area contributed by atoms with Crippen molar-refractivity contribution in [1.82, 2.24) is 4.57 Å². The summed E-state index contributed by atoms with van der Waals surface area (Å²) in [6.07, 6.45) is 2.22. The van der Waals surface area contributed by atoms with Crippen molar-refractivity contribution in [3.05, 3.63) is 149 Å². The maximum atomic E-state index is 12.1. The molecular formula is C34H29NO6. The molecule has 0 amide bonds. The van der Waals surface area contributed by atoms with E-state index >= 15 is 0 Å². The van der Waals surface area contributed by atoms with E-state index in [1.807, 2.05) is 114 Å². The molecule has 0 unspecified atom stereocenters. The molecule has 7 heteroatoms. The third kappa shape index (κ3) is 6.61. The molecule has 0 aliphatic rings. The normalized spacial score (nSPS) is 11.6. The second kappa shape index (κ2) is 12.9. The van der Waals surface area contributed by atoms with Crippen LogP contribution in [0.1, 0.15) is 33.9 Å². The summed E-state index contributed by atoms with van der Waals surface area (Å²) in [5.74, 6) is -2.34. The third-order valence-electron chi connectivity index (χ3n) is 6.67. The molecule has 0 radical (unpaired) electrons. The molecule has 0 saturated heterocycles. The second-order valence-corrected chi connectivity index (χ2v) is 9.45. The Morgan fingerprint density at radius 2 is 1.44 bits per heavy atom. The van der Waals surface area contributed by atoms with Gasteiger partial charge in [-0.2, -0.15) is 0 Å². The number of benzene rings is 4. The van der Waals surface area contributed by atoms with Crippen LogP contribution in [0.5, 0.6) is 0 Å². The fraction of sp³-hybridized carbons (Fsp3) is 0.118. The Kier molecular flexibility index (Phi) is 8.69. The number of ether oxygens (including phenoxy) is 1. The van der Waals surface area contributed by atoms with Crippen LogP contribution in [0.3, 0.4) is 0 Å². The van der Waals surface area contributed by atoms with Crippen molar-refractivity contribution in [2.24, 2.45) is 0 Å². The molecule has 206 valence electrons. The first-order valence-electron chi connectivity index (χ1n) is 13.1. The Balaban J connectivity index is 1.43. The molecule has 0 bridgehead atoms. The third-order valence-corrected chi connectivity index (χ3v) is 6.67. The number of nitrogens with zero attached hydrogens (tertiary/aromatic N) is 1. The highest BCUT2D eigenvalue weighted by atomic mass is 17.2. The molecule has 7 nitrogen and oxygen atoms in total. The number of aromatic nitrogens is 1. The average Bonchev–Trinajstić information content (AvgIpc) is 3.37. The molecule has 5 rings (SSSR count). The van der Waals surface area contributed by atoms with Gasteiger partial charge in [0.1, 0.15) is 18.5 Å². The number of esters is 1. The van der Waals surface area contributed by atoms with Gasteiger partial charge in [0.05, 0.1) is 7.11 Å². The summed E-state index contributed by atoms with van der Waals surface area (Å²) in [6.45, 7) is 0.686. The SMILES string of the molecule is COC(=O)C(=O)C=C(O)c1cn(Cc2ccccc2)c2ccc(COOC(c3ccccc3)c3ccccc3)cc12. The minimum Gasteiger partial charge on any atom is -0.507 e. The Hall–Kier alpha value is -4.98. The van der Waals surface area contributed by atoms with Gasteiger partial charge in [0, 0.05) is 35.3 Å². The van der Waals surface area contributed by atoms with Crippen LogP contribution in [0.2, 0.25) is 0 Å². The first-order chi connectivity index (χ1) is 20.0. The van der Waals surface area contributed by atoms with E-state index in [2.05, 4.69) is 4.74 Å². The first-order valence-corrected chi connectivity index (χ1v) is 13.1. The molecule has 4 aromatic carbocycles. The highest BCUT2D eigenvalue weighted by Gasteiger charge is 2.19. The summed E-state index contributed by atoms with van der Waals surface area (Å²) in [4.78, 5) is 35.5. The highest BCUT2D eigenvalue weighted by molar-refractivity contribution is 6.39. The molecule has 1 heterocycles. The Morgan fingerprint density at radius 3 is 2.05 bits per heavy atom. The van der Waals surface area contributed by atoms with Crippen molar-refractivity contribution in [2.75, 3.05) is 7.11 Å². The maximum absolute atomic E-state index is 12.1. The van der Waals surface area contributed by atoms with Crippen LogP contribution >= 0.6 is 0 Å².